The summed E-state index contributed by atoms with van der Waals surface area (Å²) >= 11 is 0. The second-order valence-corrected chi connectivity index (χ2v) is 3.28. The van der Waals surface area contributed by atoms with E-state index in [9.17, 15) is 15.3 Å². The van der Waals surface area contributed by atoms with E-state index >= 15 is 0 Å². The number of phenolic OH excluding ortho intramolecular Hbond substituents is 2. The molecule has 1 aromatic carbocycles. The lowest BCUT2D eigenvalue weighted by Gasteiger charge is -2.17. The van der Waals surface area contributed by atoms with Crippen LogP contribution in [0.2, 0.25) is 0 Å². The van der Waals surface area contributed by atoms with Crippen LogP contribution in [0, 0.1) is 0 Å². The zero-order valence-corrected chi connectivity index (χ0v) is 9.24. The van der Waals surface area contributed by atoms with Crippen molar-refractivity contribution in [3.05, 3.63) is 23.8 Å². The first-order chi connectivity index (χ1) is 6.54. The molecule has 0 spiro atoms. The van der Waals surface area contributed by atoms with Gasteiger partial charge in [0.15, 0.2) is 0 Å². The van der Waals surface area contributed by atoms with E-state index in [4.69, 9.17) is 5.73 Å². The molecule has 5 N–H and O–H groups in total. The molecule has 0 bridgehead atoms. The molecule has 0 saturated carbocycles. The third kappa shape index (κ3) is 3.58. The number of aliphatic hydroxyl groups is 1. The molecule has 0 radical (unpaired) electrons. The first kappa shape index (κ1) is 14.0. The second kappa shape index (κ2) is 5.80. The van der Waals surface area contributed by atoms with E-state index in [0.29, 0.717) is 12.0 Å². The number of rotatable bonds is 3. The van der Waals surface area contributed by atoms with Gasteiger partial charge in [-0.1, -0.05) is 6.92 Å². The molecule has 1 rings (SSSR count). The molecule has 15 heavy (non-hydrogen) atoms. The molecule has 1 aromatic rings. The van der Waals surface area contributed by atoms with Crippen LogP contribution in [0.5, 0.6) is 11.5 Å². The molecule has 86 valence electrons. The van der Waals surface area contributed by atoms with Crippen LogP contribution in [0.4, 0.5) is 0 Å². The van der Waals surface area contributed by atoms with Crippen molar-refractivity contribution >= 4 is 12.4 Å². The van der Waals surface area contributed by atoms with E-state index in [2.05, 4.69) is 0 Å². The van der Waals surface area contributed by atoms with Crippen molar-refractivity contribution in [3.63, 3.8) is 0 Å². The zero-order chi connectivity index (χ0) is 10.7. The van der Waals surface area contributed by atoms with Crippen LogP contribution in [0.3, 0.4) is 0 Å². The molecule has 0 aliphatic heterocycles. The van der Waals surface area contributed by atoms with Gasteiger partial charge >= 0.3 is 0 Å². The van der Waals surface area contributed by atoms with E-state index < -0.39 is 12.1 Å². The summed E-state index contributed by atoms with van der Waals surface area (Å²) in [6.45, 7) is 1.81. The Morgan fingerprint density at radius 3 is 2.07 bits per heavy atom. The van der Waals surface area contributed by atoms with Crippen molar-refractivity contribution in [1.29, 1.82) is 0 Å². The van der Waals surface area contributed by atoms with Crippen LogP contribution in [0.25, 0.3) is 0 Å². The minimum Gasteiger partial charge on any atom is -0.508 e. The van der Waals surface area contributed by atoms with E-state index in [1.54, 1.807) is 0 Å². The van der Waals surface area contributed by atoms with E-state index in [1.807, 2.05) is 6.92 Å². The Hall–Kier alpha value is -0.970. The van der Waals surface area contributed by atoms with Crippen LogP contribution in [-0.4, -0.2) is 21.4 Å². The third-order valence-electron chi connectivity index (χ3n) is 2.14. The Balaban J connectivity index is 0.00000196. The van der Waals surface area contributed by atoms with Crippen molar-refractivity contribution in [3.8, 4) is 11.5 Å². The van der Waals surface area contributed by atoms with Crippen molar-refractivity contribution in [2.45, 2.75) is 25.5 Å². The van der Waals surface area contributed by atoms with Gasteiger partial charge in [0, 0.05) is 6.07 Å². The smallest absolute Gasteiger partial charge is 0.119 e. The number of nitrogens with two attached hydrogens (primary N) is 1. The Morgan fingerprint density at radius 1 is 1.20 bits per heavy atom. The molecule has 0 amide bonds. The summed E-state index contributed by atoms with van der Waals surface area (Å²) in [7, 11) is 0. The third-order valence-corrected chi connectivity index (χ3v) is 2.14. The fourth-order valence-electron chi connectivity index (χ4n) is 1.29. The molecule has 2 atom stereocenters. The fraction of sp³-hybridized carbons (Fsp3) is 0.400. The average Bonchev–Trinajstić information content (AvgIpc) is 2.14. The van der Waals surface area contributed by atoms with Gasteiger partial charge < -0.3 is 21.1 Å². The van der Waals surface area contributed by atoms with Crippen LogP contribution in [0.1, 0.15) is 24.9 Å². The van der Waals surface area contributed by atoms with Gasteiger partial charge in [-0.2, -0.15) is 0 Å². The van der Waals surface area contributed by atoms with Crippen molar-refractivity contribution in [2.24, 2.45) is 5.73 Å². The summed E-state index contributed by atoms with van der Waals surface area (Å²) in [4.78, 5) is 0. The molecular formula is C10H16ClNO3. The maximum absolute atomic E-state index is 9.47. The second-order valence-electron chi connectivity index (χ2n) is 3.28. The van der Waals surface area contributed by atoms with Gasteiger partial charge in [0.1, 0.15) is 11.5 Å². The van der Waals surface area contributed by atoms with Crippen molar-refractivity contribution in [2.75, 3.05) is 0 Å². The van der Waals surface area contributed by atoms with Crippen molar-refractivity contribution < 1.29 is 15.3 Å². The van der Waals surface area contributed by atoms with Gasteiger partial charge in [0.05, 0.1) is 12.1 Å². The fourth-order valence-corrected chi connectivity index (χ4v) is 1.29. The Kier molecular flexibility index (Phi) is 5.43. The first-order valence-electron chi connectivity index (χ1n) is 4.51. The quantitative estimate of drug-likeness (QED) is 0.634. The highest BCUT2D eigenvalue weighted by atomic mass is 35.5. The number of hydrogen-bond acceptors (Lipinski definition) is 4. The lowest BCUT2D eigenvalue weighted by atomic mass is 10.0. The lowest BCUT2D eigenvalue weighted by Crippen LogP contribution is -2.25. The molecule has 0 aliphatic carbocycles. The molecule has 0 saturated heterocycles. The maximum Gasteiger partial charge on any atom is 0.119 e. The Labute approximate surface area is 94.8 Å². The Morgan fingerprint density at radius 2 is 1.67 bits per heavy atom. The molecule has 0 aliphatic rings. The standard InChI is InChI=1S/C10H15NO3.ClH/c1-2-9(14)10(11)6-3-7(12)5-8(13)4-6;/h3-5,9-10,12-14H,2,11H2,1H3;1H/t9-,10+;/m1./s1. The first-order valence-corrected chi connectivity index (χ1v) is 4.51. The molecular weight excluding hydrogens is 218 g/mol. The number of aromatic hydroxyl groups is 2. The normalized spacial score (nSPS) is 14.1. The van der Waals surface area contributed by atoms with Crippen LogP contribution >= 0.6 is 12.4 Å². The number of hydrogen-bond donors (Lipinski definition) is 4. The van der Waals surface area contributed by atoms with Gasteiger partial charge in [0.25, 0.3) is 0 Å². The minimum atomic E-state index is -0.670. The highest BCUT2D eigenvalue weighted by molar-refractivity contribution is 5.85. The number of halogens is 1. The number of phenols is 2. The number of benzene rings is 1. The lowest BCUT2D eigenvalue weighted by molar-refractivity contribution is 0.140. The largest absolute Gasteiger partial charge is 0.508 e. The van der Waals surface area contributed by atoms with Crippen molar-refractivity contribution in [1.82, 2.24) is 0 Å². The molecule has 4 nitrogen and oxygen atoms in total. The van der Waals surface area contributed by atoms with Gasteiger partial charge in [-0.05, 0) is 24.1 Å². The van der Waals surface area contributed by atoms with Crippen LogP contribution in [0.15, 0.2) is 18.2 Å². The van der Waals surface area contributed by atoms with Gasteiger partial charge in [-0.15, -0.1) is 12.4 Å². The summed E-state index contributed by atoms with van der Waals surface area (Å²) < 4.78 is 0. The predicted molar refractivity (Wildman–Crippen MR) is 60.2 cm³/mol. The molecule has 5 heteroatoms. The van der Waals surface area contributed by atoms with Gasteiger partial charge in [0.2, 0.25) is 0 Å². The SMILES string of the molecule is CC[C@@H](O)[C@@H](N)c1cc(O)cc(O)c1.Cl. The number of aliphatic hydroxyl groups excluding tert-OH is 1. The van der Waals surface area contributed by atoms with Crippen LogP contribution < -0.4 is 5.73 Å². The average molecular weight is 234 g/mol. The van der Waals surface area contributed by atoms with Crippen LogP contribution in [-0.2, 0) is 0 Å². The monoisotopic (exact) mass is 233 g/mol. The van der Waals surface area contributed by atoms with Gasteiger partial charge in [-0.25, -0.2) is 0 Å². The molecule has 0 aromatic heterocycles. The summed E-state index contributed by atoms with van der Waals surface area (Å²) in [5.41, 5.74) is 6.24. The summed E-state index contributed by atoms with van der Waals surface area (Å²) in [6, 6.07) is 3.50. The van der Waals surface area contributed by atoms with E-state index in [0.717, 1.165) is 0 Å². The minimum absolute atomic E-state index is 0. The topological polar surface area (TPSA) is 86.7 Å². The molecule has 0 fully saturated rings. The van der Waals surface area contributed by atoms with E-state index in [1.165, 1.54) is 18.2 Å². The highest BCUT2D eigenvalue weighted by Gasteiger charge is 2.15. The summed E-state index contributed by atoms with van der Waals surface area (Å²) in [6.07, 6.45) is -0.145. The summed E-state index contributed by atoms with van der Waals surface area (Å²) in [5.74, 6) is -0.113. The van der Waals surface area contributed by atoms with E-state index in [-0.39, 0.29) is 23.9 Å². The summed E-state index contributed by atoms with van der Waals surface area (Å²) in [5, 5.41) is 27.9. The zero-order valence-electron chi connectivity index (χ0n) is 8.42. The highest BCUT2D eigenvalue weighted by Crippen LogP contribution is 2.25. The Bertz CT molecular complexity index is 299. The predicted octanol–water partition coefficient (Wildman–Crippen LogP) is 1.29. The maximum atomic E-state index is 9.47. The molecule has 0 unspecified atom stereocenters. The molecule has 0 heterocycles. The van der Waals surface area contributed by atoms with Gasteiger partial charge in [-0.3, -0.25) is 0 Å².